The van der Waals surface area contributed by atoms with E-state index in [9.17, 15) is 19.1 Å². The number of aliphatic hydroxyl groups excluding tert-OH is 2. The van der Waals surface area contributed by atoms with Crippen LogP contribution in [0.5, 0.6) is 0 Å². The fraction of sp³-hybridized carbons (Fsp3) is 0.600. The highest BCUT2D eigenvalue weighted by Gasteiger charge is 2.40. The van der Waals surface area contributed by atoms with Gasteiger partial charge in [-0.1, -0.05) is 0 Å². The summed E-state index contributed by atoms with van der Waals surface area (Å²) in [5.74, 6) is 0. The lowest BCUT2D eigenvalue weighted by atomic mass is 9.99. The van der Waals surface area contributed by atoms with Gasteiger partial charge in [0, 0.05) is 6.20 Å². The first-order chi connectivity index (χ1) is 8.95. The van der Waals surface area contributed by atoms with Crippen LogP contribution in [0.4, 0.5) is 4.39 Å². The molecule has 19 heavy (non-hydrogen) atoms. The quantitative estimate of drug-likeness (QED) is 0.553. The zero-order chi connectivity index (χ0) is 14.2. The van der Waals surface area contributed by atoms with Crippen molar-refractivity contribution >= 4 is 22.6 Å². The van der Waals surface area contributed by atoms with Crippen molar-refractivity contribution in [3.63, 3.8) is 0 Å². The van der Waals surface area contributed by atoms with Crippen LogP contribution >= 0.6 is 22.6 Å². The average Bonchev–Trinajstić information content (AvgIpc) is 2.37. The maximum atomic E-state index is 14.1. The number of ether oxygens (including phenoxy) is 1. The van der Waals surface area contributed by atoms with E-state index >= 15 is 0 Å². The molecule has 4 atom stereocenters. The minimum Gasteiger partial charge on any atom is -0.394 e. The number of hydrogen-bond acceptors (Lipinski definition) is 5. The van der Waals surface area contributed by atoms with Crippen molar-refractivity contribution < 1.29 is 19.3 Å². The van der Waals surface area contributed by atoms with Crippen molar-refractivity contribution in [3.05, 3.63) is 30.6 Å². The van der Waals surface area contributed by atoms with E-state index < -0.39 is 42.3 Å². The molecule has 1 unspecified atom stereocenters. The number of H-pyrrole nitrogens is 1. The zero-order valence-corrected chi connectivity index (χ0v) is 11.8. The Morgan fingerprint density at radius 2 is 2.26 bits per heavy atom. The number of nitrogens with one attached hydrogen (secondary N) is 1. The van der Waals surface area contributed by atoms with Crippen LogP contribution in [0.2, 0.25) is 0 Å². The van der Waals surface area contributed by atoms with Crippen molar-refractivity contribution in [1.82, 2.24) is 9.55 Å². The van der Waals surface area contributed by atoms with Gasteiger partial charge in [-0.3, -0.25) is 14.3 Å². The molecule has 106 valence electrons. The maximum Gasteiger partial charge on any atom is 0.328 e. The minimum atomic E-state index is -1.77. The molecule has 7 nitrogen and oxygen atoms in total. The number of halogens is 2. The van der Waals surface area contributed by atoms with Crippen LogP contribution in [-0.2, 0) is 4.74 Å². The van der Waals surface area contributed by atoms with Crippen molar-refractivity contribution in [3.8, 4) is 0 Å². The number of aliphatic hydroxyl groups is 2. The van der Waals surface area contributed by atoms with E-state index in [1.807, 2.05) is 0 Å². The highest BCUT2D eigenvalue weighted by molar-refractivity contribution is 14.1. The van der Waals surface area contributed by atoms with E-state index in [1.165, 1.54) is 6.20 Å². The molecule has 2 rings (SSSR count). The Hall–Kier alpha value is -0.780. The summed E-state index contributed by atoms with van der Waals surface area (Å²) in [4.78, 5) is 24.9. The first-order valence-electron chi connectivity index (χ1n) is 5.51. The predicted molar refractivity (Wildman–Crippen MR) is 70.8 cm³/mol. The molecular weight excluding hydrogens is 374 g/mol. The van der Waals surface area contributed by atoms with Gasteiger partial charge >= 0.3 is 5.69 Å². The molecule has 0 aromatic carbocycles. The van der Waals surface area contributed by atoms with Crippen molar-refractivity contribution in [1.29, 1.82) is 0 Å². The number of alkyl halides is 1. The summed E-state index contributed by atoms with van der Waals surface area (Å²) in [6, 6.07) is -1.05. The molecule has 1 aromatic rings. The van der Waals surface area contributed by atoms with Crippen LogP contribution in [0.15, 0.2) is 15.8 Å². The SMILES string of the molecule is O=c1[nH]c(=O)n([C@@H]2COC(CO)[C@@H](O)[C@H]2F)cc1I. The Kier molecular flexibility index (Phi) is 4.38. The topological polar surface area (TPSA) is 105 Å². The second-order valence-electron chi connectivity index (χ2n) is 4.20. The molecule has 2 heterocycles. The van der Waals surface area contributed by atoms with E-state index in [-0.39, 0.29) is 10.2 Å². The monoisotopic (exact) mass is 386 g/mol. The number of nitrogens with zero attached hydrogens (tertiary/aromatic N) is 1. The number of rotatable bonds is 2. The van der Waals surface area contributed by atoms with E-state index in [4.69, 9.17) is 9.84 Å². The molecular formula is C10H12FIN2O5. The summed E-state index contributed by atoms with van der Waals surface area (Å²) in [5, 5.41) is 18.5. The Morgan fingerprint density at radius 1 is 1.58 bits per heavy atom. The van der Waals surface area contributed by atoms with Gasteiger partial charge in [-0.05, 0) is 22.6 Å². The van der Waals surface area contributed by atoms with E-state index in [0.29, 0.717) is 0 Å². The Bertz CT molecular complexity index is 574. The predicted octanol–water partition coefficient (Wildman–Crippen LogP) is -1.23. The summed E-state index contributed by atoms with van der Waals surface area (Å²) >= 11 is 1.72. The van der Waals surface area contributed by atoms with Gasteiger partial charge in [0.25, 0.3) is 5.56 Å². The number of aromatic nitrogens is 2. The normalized spacial score (nSPS) is 31.4. The van der Waals surface area contributed by atoms with E-state index in [2.05, 4.69) is 4.98 Å². The highest BCUT2D eigenvalue weighted by Crippen LogP contribution is 2.26. The third-order valence-electron chi connectivity index (χ3n) is 3.02. The first-order valence-corrected chi connectivity index (χ1v) is 6.59. The van der Waals surface area contributed by atoms with Crippen molar-refractivity contribution in [2.75, 3.05) is 13.2 Å². The fourth-order valence-corrected chi connectivity index (χ4v) is 2.38. The van der Waals surface area contributed by atoms with E-state index in [1.54, 1.807) is 22.6 Å². The second kappa shape index (κ2) is 5.69. The molecule has 0 bridgehead atoms. The molecule has 1 aromatic heterocycles. The summed E-state index contributed by atoms with van der Waals surface area (Å²) in [6.07, 6.45) is -3.09. The molecule has 0 radical (unpaired) electrons. The third kappa shape index (κ3) is 2.73. The Morgan fingerprint density at radius 3 is 2.89 bits per heavy atom. The molecule has 9 heteroatoms. The molecule has 0 spiro atoms. The Balaban J connectivity index is 2.35. The van der Waals surface area contributed by atoms with Crippen LogP contribution in [-0.4, -0.2) is 51.4 Å². The van der Waals surface area contributed by atoms with Crippen LogP contribution < -0.4 is 11.2 Å². The average molecular weight is 386 g/mol. The van der Waals surface area contributed by atoms with Gasteiger partial charge in [0.05, 0.1) is 22.8 Å². The standard InChI is InChI=1S/C10H12FIN2O5/c11-7-5(3-19-6(2-15)8(7)16)14-1-4(12)9(17)13-10(14)18/h1,5-8,15-16H,2-3H2,(H,13,17,18)/t5-,6?,7+,8-/m1/s1. The van der Waals surface area contributed by atoms with Crippen molar-refractivity contribution in [2.24, 2.45) is 0 Å². The molecule has 1 aliphatic rings. The number of hydrogen-bond donors (Lipinski definition) is 3. The van der Waals surface area contributed by atoms with Gasteiger partial charge in [-0.25, -0.2) is 9.18 Å². The lowest BCUT2D eigenvalue weighted by molar-refractivity contribution is -0.149. The molecule has 0 aliphatic carbocycles. The van der Waals surface area contributed by atoms with Crippen LogP contribution in [0.1, 0.15) is 6.04 Å². The van der Waals surface area contributed by atoms with Gasteiger partial charge in [0.15, 0.2) is 6.17 Å². The highest BCUT2D eigenvalue weighted by atomic mass is 127. The third-order valence-corrected chi connectivity index (χ3v) is 3.79. The summed E-state index contributed by atoms with van der Waals surface area (Å²) in [5.41, 5.74) is -1.32. The lowest BCUT2D eigenvalue weighted by Crippen LogP contribution is -2.52. The lowest BCUT2D eigenvalue weighted by Gasteiger charge is -2.36. The summed E-state index contributed by atoms with van der Waals surface area (Å²) < 4.78 is 20.4. The first kappa shape index (κ1) is 14.6. The maximum absolute atomic E-state index is 14.1. The van der Waals surface area contributed by atoms with Gasteiger partial charge < -0.3 is 14.9 Å². The largest absolute Gasteiger partial charge is 0.394 e. The molecule has 0 amide bonds. The van der Waals surface area contributed by atoms with Gasteiger partial charge in [0.1, 0.15) is 12.2 Å². The minimum absolute atomic E-state index is 0.175. The van der Waals surface area contributed by atoms with Crippen LogP contribution in [0.3, 0.4) is 0 Å². The summed E-state index contributed by atoms with van der Waals surface area (Å²) in [6.45, 7) is -0.683. The van der Waals surface area contributed by atoms with Crippen LogP contribution in [0.25, 0.3) is 0 Å². The van der Waals surface area contributed by atoms with Gasteiger partial charge in [-0.15, -0.1) is 0 Å². The molecule has 1 fully saturated rings. The van der Waals surface area contributed by atoms with E-state index in [0.717, 1.165) is 4.57 Å². The molecule has 0 saturated carbocycles. The second-order valence-corrected chi connectivity index (χ2v) is 5.36. The fourth-order valence-electron chi connectivity index (χ4n) is 1.95. The Labute approximate surface area is 120 Å². The molecule has 3 N–H and O–H groups in total. The molecule has 1 aliphatic heterocycles. The van der Waals surface area contributed by atoms with Crippen molar-refractivity contribution in [2.45, 2.75) is 24.4 Å². The van der Waals surface area contributed by atoms with Gasteiger partial charge in [0.2, 0.25) is 0 Å². The zero-order valence-electron chi connectivity index (χ0n) is 9.62. The number of aromatic amines is 1. The molecule has 1 saturated heterocycles. The van der Waals surface area contributed by atoms with Gasteiger partial charge in [-0.2, -0.15) is 0 Å². The smallest absolute Gasteiger partial charge is 0.328 e. The van der Waals surface area contributed by atoms with Crippen LogP contribution in [0, 0.1) is 3.57 Å². The summed E-state index contributed by atoms with van der Waals surface area (Å²) in [7, 11) is 0.